The molecular formula is C13H17BrN2O5S. The molecule has 1 aromatic carbocycles. The molecule has 0 saturated carbocycles. The monoisotopic (exact) mass is 392 g/mol. The maximum absolute atomic E-state index is 12.3. The molecule has 0 unspecified atom stereocenters. The van der Waals surface area contributed by atoms with Crippen LogP contribution in [-0.2, 0) is 19.6 Å². The van der Waals surface area contributed by atoms with Crippen LogP contribution in [0, 0.1) is 0 Å². The standard InChI is InChI=1S/C13H17BrN2O5S/c1-3-16(9-13(18)19)12(17)8-15(2)22(20,21)11-6-4-10(14)5-7-11/h4-7H,3,8-9H2,1-2H3,(H,18,19). The van der Waals surface area contributed by atoms with Gasteiger partial charge in [-0.05, 0) is 31.2 Å². The maximum atomic E-state index is 12.3. The van der Waals surface area contributed by atoms with Gasteiger partial charge in [-0.15, -0.1) is 0 Å². The van der Waals surface area contributed by atoms with Crippen LogP contribution in [0.2, 0.25) is 0 Å². The van der Waals surface area contributed by atoms with E-state index in [9.17, 15) is 18.0 Å². The van der Waals surface area contributed by atoms with Crippen LogP contribution in [0.25, 0.3) is 0 Å². The van der Waals surface area contributed by atoms with Crippen molar-refractivity contribution in [1.82, 2.24) is 9.21 Å². The van der Waals surface area contributed by atoms with Crippen molar-refractivity contribution in [1.29, 1.82) is 0 Å². The minimum atomic E-state index is -3.80. The first-order valence-electron chi connectivity index (χ1n) is 6.40. The van der Waals surface area contributed by atoms with Gasteiger partial charge in [0.2, 0.25) is 15.9 Å². The van der Waals surface area contributed by atoms with E-state index in [1.165, 1.54) is 19.2 Å². The van der Waals surface area contributed by atoms with Crippen molar-refractivity contribution in [3.05, 3.63) is 28.7 Å². The highest BCUT2D eigenvalue weighted by Gasteiger charge is 2.25. The Kier molecular flexibility index (Phi) is 6.51. The number of hydrogen-bond donors (Lipinski definition) is 1. The summed E-state index contributed by atoms with van der Waals surface area (Å²) in [6.07, 6.45) is 0. The molecule has 9 heteroatoms. The van der Waals surface area contributed by atoms with Crippen molar-refractivity contribution in [2.45, 2.75) is 11.8 Å². The van der Waals surface area contributed by atoms with Crippen molar-refractivity contribution in [2.24, 2.45) is 0 Å². The number of nitrogens with zero attached hydrogens (tertiary/aromatic N) is 2. The number of carbonyl (C=O) groups excluding carboxylic acids is 1. The van der Waals surface area contributed by atoms with Gasteiger partial charge in [0.15, 0.2) is 0 Å². The van der Waals surface area contributed by atoms with E-state index in [1.54, 1.807) is 19.1 Å². The Morgan fingerprint density at radius 3 is 2.18 bits per heavy atom. The number of rotatable bonds is 7. The number of carboxylic acids is 1. The Morgan fingerprint density at radius 1 is 1.18 bits per heavy atom. The predicted molar refractivity (Wildman–Crippen MR) is 83.8 cm³/mol. The van der Waals surface area contributed by atoms with Crippen LogP contribution in [0.5, 0.6) is 0 Å². The lowest BCUT2D eigenvalue weighted by atomic mass is 10.4. The van der Waals surface area contributed by atoms with E-state index in [-0.39, 0.29) is 11.4 Å². The van der Waals surface area contributed by atoms with E-state index in [0.717, 1.165) is 13.7 Å². The average molecular weight is 393 g/mol. The van der Waals surface area contributed by atoms with E-state index >= 15 is 0 Å². The summed E-state index contributed by atoms with van der Waals surface area (Å²) in [5.74, 6) is -1.71. The molecular weight excluding hydrogens is 376 g/mol. The highest BCUT2D eigenvalue weighted by molar-refractivity contribution is 9.10. The number of amides is 1. The summed E-state index contributed by atoms with van der Waals surface area (Å²) in [6.45, 7) is 0.947. The summed E-state index contributed by atoms with van der Waals surface area (Å²) >= 11 is 3.22. The molecule has 7 nitrogen and oxygen atoms in total. The van der Waals surface area contributed by atoms with E-state index in [2.05, 4.69) is 15.9 Å². The van der Waals surface area contributed by atoms with E-state index in [4.69, 9.17) is 5.11 Å². The van der Waals surface area contributed by atoms with Gasteiger partial charge in [-0.3, -0.25) is 9.59 Å². The lowest BCUT2D eigenvalue weighted by molar-refractivity contribution is -0.144. The summed E-state index contributed by atoms with van der Waals surface area (Å²) in [4.78, 5) is 23.8. The largest absolute Gasteiger partial charge is 0.480 e. The molecule has 0 radical (unpaired) electrons. The number of carbonyl (C=O) groups is 2. The zero-order chi connectivity index (χ0) is 16.9. The summed E-state index contributed by atoms with van der Waals surface area (Å²) in [7, 11) is -2.52. The number of sulfonamides is 1. The number of hydrogen-bond acceptors (Lipinski definition) is 4. The van der Waals surface area contributed by atoms with Crippen molar-refractivity contribution >= 4 is 37.8 Å². The fraction of sp³-hybridized carbons (Fsp3) is 0.385. The number of carboxylic acid groups (broad SMARTS) is 1. The zero-order valence-corrected chi connectivity index (χ0v) is 14.6. The number of benzene rings is 1. The first kappa shape index (κ1) is 18.6. The molecule has 1 rings (SSSR count). The second kappa shape index (κ2) is 7.70. The molecule has 0 aliphatic heterocycles. The summed E-state index contributed by atoms with van der Waals surface area (Å²) in [5.41, 5.74) is 0. The lowest BCUT2D eigenvalue weighted by Gasteiger charge is -2.22. The highest BCUT2D eigenvalue weighted by Crippen LogP contribution is 2.17. The Balaban J connectivity index is 2.86. The van der Waals surface area contributed by atoms with E-state index in [0.29, 0.717) is 0 Å². The molecule has 1 aromatic rings. The smallest absolute Gasteiger partial charge is 0.323 e. The van der Waals surface area contributed by atoms with Crippen LogP contribution < -0.4 is 0 Å². The quantitative estimate of drug-likeness (QED) is 0.746. The molecule has 22 heavy (non-hydrogen) atoms. The van der Waals surface area contributed by atoms with E-state index < -0.39 is 35.0 Å². The van der Waals surface area contributed by atoms with Gasteiger partial charge in [-0.2, -0.15) is 4.31 Å². The Labute approximate surface area is 137 Å². The Hall–Kier alpha value is -1.45. The van der Waals surface area contributed by atoms with Crippen LogP contribution in [0.15, 0.2) is 33.6 Å². The lowest BCUT2D eigenvalue weighted by Crippen LogP contribution is -2.43. The number of halogens is 1. The molecule has 0 saturated heterocycles. The molecule has 0 aliphatic carbocycles. The molecule has 0 spiro atoms. The van der Waals surface area contributed by atoms with Crippen LogP contribution in [0.1, 0.15) is 6.92 Å². The molecule has 0 bridgehead atoms. The molecule has 122 valence electrons. The second-order valence-corrected chi connectivity index (χ2v) is 7.48. The summed E-state index contributed by atoms with van der Waals surface area (Å²) < 4.78 is 26.3. The van der Waals surface area contributed by atoms with Gasteiger partial charge in [-0.25, -0.2) is 8.42 Å². The van der Waals surface area contributed by atoms with Gasteiger partial charge in [0.05, 0.1) is 11.4 Å². The molecule has 0 heterocycles. The van der Waals surface area contributed by atoms with Gasteiger partial charge in [0, 0.05) is 18.1 Å². The fourth-order valence-corrected chi connectivity index (χ4v) is 3.09. The topological polar surface area (TPSA) is 95.0 Å². The Bertz CT molecular complexity index is 645. The van der Waals surface area contributed by atoms with Crippen LogP contribution in [-0.4, -0.2) is 61.3 Å². The van der Waals surface area contributed by atoms with Crippen molar-refractivity contribution in [3.8, 4) is 0 Å². The fourth-order valence-electron chi connectivity index (χ4n) is 1.70. The maximum Gasteiger partial charge on any atom is 0.323 e. The van der Waals surface area contributed by atoms with Gasteiger partial charge < -0.3 is 10.0 Å². The van der Waals surface area contributed by atoms with Gasteiger partial charge in [0.1, 0.15) is 6.54 Å². The van der Waals surface area contributed by atoms with Crippen molar-refractivity contribution in [2.75, 3.05) is 26.7 Å². The number of likely N-dealkylation sites (N-methyl/N-ethyl adjacent to an activating group) is 2. The normalized spacial score (nSPS) is 11.5. The minimum Gasteiger partial charge on any atom is -0.480 e. The molecule has 1 amide bonds. The van der Waals surface area contributed by atoms with Crippen LogP contribution in [0.4, 0.5) is 0 Å². The SMILES string of the molecule is CCN(CC(=O)O)C(=O)CN(C)S(=O)(=O)c1ccc(Br)cc1. The predicted octanol–water partition coefficient (Wildman–Crippen LogP) is 1.00. The zero-order valence-electron chi connectivity index (χ0n) is 12.2. The van der Waals surface area contributed by atoms with Crippen molar-refractivity contribution < 1.29 is 23.1 Å². The molecule has 0 atom stereocenters. The molecule has 0 aliphatic rings. The van der Waals surface area contributed by atoms with Gasteiger partial charge >= 0.3 is 5.97 Å². The van der Waals surface area contributed by atoms with Crippen LogP contribution >= 0.6 is 15.9 Å². The highest BCUT2D eigenvalue weighted by atomic mass is 79.9. The third-order valence-electron chi connectivity index (χ3n) is 2.94. The molecule has 0 fully saturated rings. The summed E-state index contributed by atoms with van der Waals surface area (Å²) in [6, 6.07) is 6.03. The molecule has 0 aromatic heterocycles. The third-order valence-corrected chi connectivity index (χ3v) is 5.29. The first-order chi connectivity index (χ1) is 10.2. The van der Waals surface area contributed by atoms with E-state index in [1.807, 2.05) is 0 Å². The summed E-state index contributed by atoms with van der Waals surface area (Å²) in [5, 5.41) is 8.73. The second-order valence-electron chi connectivity index (χ2n) is 4.52. The van der Waals surface area contributed by atoms with Gasteiger partial charge in [-0.1, -0.05) is 15.9 Å². The van der Waals surface area contributed by atoms with Gasteiger partial charge in [0.25, 0.3) is 0 Å². The Morgan fingerprint density at radius 2 is 1.73 bits per heavy atom. The third kappa shape index (κ3) is 4.79. The average Bonchev–Trinajstić information content (AvgIpc) is 2.44. The molecule has 1 N–H and O–H groups in total. The number of aliphatic carboxylic acids is 1. The first-order valence-corrected chi connectivity index (χ1v) is 8.63. The van der Waals surface area contributed by atoms with Crippen LogP contribution in [0.3, 0.4) is 0 Å². The minimum absolute atomic E-state index is 0.0623. The van der Waals surface area contributed by atoms with Crippen molar-refractivity contribution in [3.63, 3.8) is 0 Å².